The molecule has 1 aliphatic rings. The molecular weight excluding hydrogens is 196 g/mol. The predicted octanol–water partition coefficient (Wildman–Crippen LogP) is 1.90. The normalized spacial score (nSPS) is 23.5. The number of hydrogen-bond donors (Lipinski definition) is 1. The molecule has 2 rings (SSSR count). The number of benzene rings is 1. The molecule has 1 heterocycles. The summed E-state index contributed by atoms with van der Waals surface area (Å²) in [4.78, 5) is 2.55. The third kappa shape index (κ3) is 2.83. The van der Waals surface area contributed by atoms with E-state index in [0.717, 1.165) is 18.9 Å². The van der Waals surface area contributed by atoms with E-state index in [0.29, 0.717) is 6.04 Å². The third-order valence-corrected chi connectivity index (χ3v) is 3.56. The Morgan fingerprint density at radius 3 is 2.69 bits per heavy atom. The van der Waals surface area contributed by atoms with Gasteiger partial charge in [-0.15, -0.1) is 0 Å². The second kappa shape index (κ2) is 5.46. The zero-order valence-corrected chi connectivity index (χ0v) is 10.1. The first-order chi connectivity index (χ1) is 7.79. The molecular formula is C14H22N2. The van der Waals surface area contributed by atoms with E-state index in [2.05, 4.69) is 42.2 Å². The molecule has 0 spiro atoms. The summed E-state index contributed by atoms with van der Waals surface area (Å²) in [5, 5.41) is 0. The molecule has 2 heteroatoms. The molecule has 1 saturated heterocycles. The average Bonchev–Trinajstić information content (AvgIpc) is 2.74. The largest absolute Gasteiger partial charge is 0.329 e. The van der Waals surface area contributed by atoms with E-state index in [-0.39, 0.29) is 0 Å². The molecule has 0 saturated carbocycles. The van der Waals surface area contributed by atoms with E-state index >= 15 is 0 Å². The lowest BCUT2D eigenvalue weighted by Crippen LogP contribution is -2.40. The Bertz CT molecular complexity index is 310. The summed E-state index contributed by atoms with van der Waals surface area (Å²) >= 11 is 0. The van der Waals surface area contributed by atoms with Crippen LogP contribution in [-0.2, 0) is 6.42 Å². The van der Waals surface area contributed by atoms with Crippen molar-refractivity contribution in [3.05, 3.63) is 35.9 Å². The van der Waals surface area contributed by atoms with Gasteiger partial charge < -0.3 is 5.73 Å². The van der Waals surface area contributed by atoms with Gasteiger partial charge in [-0.05, 0) is 30.9 Å². The first-order valence-corrected chi connectivity index (χ1v) is 6.27. The highest BCUT2D eigenvalue weighted by Crippen LogP contribution is 2.19. The molecule has 16 heavy (non-hydrogen) atoms. The van der Waals surface area contributed by atoms with Gasteiger partial charge in [-0.3, -0.25) is 4.90 Å². The number of nitrogens with two attached hydrogens (primary N) is 1. The fourth-order valence-electron chi connectivity index (χ4n) is 2.55. The van der Waals surface area contributed by atoms with Crippen molar-refractivity contribution in [2.75, 3.05) is 19.6 Å². The average molecular weight is 218 g/mol. The Labute approximate surface area is 98.4 Å². The van der Waals surface area contributed by atoms with Gasteiger partial charge in [-0.25, -0.2) is 0 Å². The smallest absolute Gasteiger partial charge is 0.0258 e. The van der Waals surface area contributed by atoms with Gasteiger partial charge in [0.25, 0.3) is 0 Å². The summed E-state index contributed by atoms with van der Waals surface area (Å²) in [5.41, 5.74) is 7.30. The van der Waals surface area contributed by atoms with Crippen LogP contribution in [0.4, 0.5) is 0 Å². The molecule has 2 unspecified atom stereocenters. The monoisotopic (exact) mass is 218 g/mol. The summed E-state index contributed by atoms with van der Waals surface area (Å²) in [6, 6.07) is 11.2. The van der Waals surface area contributed by atoms with Crippen LogP contribution in [0.15, 0.2) is 30.3 Å². The fourth-order valence-corrected chi connectivity index (χ4v) is 2.55. The van der Waals surface area contributed by atoms with Gasteiger partial charge in [0.15, 0.2) is 0 Å². The summed E-state index contributed by atoms with van der Waals surface area (Å²) in [6.07, 6.45) is 2.41. The van der Waals surface area contributed by atoms with Crippen molar-refractivity contribution < 1.29 is 0 Å². The zero-order chi connectivity index (χ0) is 11.4. The lowest BCUT2D eigenvalue weighted by atomic mass is 10.0. The Morgan fingerprint density at radius 1 is 1.38 bits per heavy atom. The Balaban J connectivity index is 1.96. The molecule has 0 aliphatic carbocycles. The molecule has 1 aromatic rings. The molecule has 2 nitrogen and oxygen atoms in total. The summed E-state index contributed by atoms with van der Waals surface area (Å²) < 4.78 is 0. The van der Waals surface area contributed by atoms with Crippen molar-refractivity contribution in [1.82, 2.24) is 4.90 Å². The highest BCUT2D eigenvalue weighted by molar-refractivity contribution is 5.16. The molecule has 0 aromatic heterocycles. The molecule has 2 atom stereocenters. The maximum atomic E-state index is 5.90. The second-order valence-electron chi connectivity index (χ2n) is 4.97. The molecule has 0 bridgehead atoms. The lowest BCUT2D eigenvalue weighted by Gasteiger charge is -2.26. The minimum Gasteiger partial charge on any atom is -0.329 e. The van der Waals surface area contributed by atoms with Gasteiger partial charge in [0, 0.05) is 19.1 Å². The third-order valence-electron chi connectivity index (χ3n) is 3.56. The highest BCUT2D eigenvalue weighted by Gasteiger charge is 2.24. The van der Waals surface area contributed by atoms with Crippen LogP contribution in [0.25, 0.3) is 0 Å². The van der Waals surface area contributed by atoms with Crippen LogP contribution in [0.3, 0.4) is 0 Å². The minimum absolute atomic E-state index is 0.521. The van der Waals surface area contributed by atoms with Crippen LogP contribution in [0.1, 0.15) is 18.9 Å². The van der Waals surface area contributed by atoms with Gasteiger partial charge in [0.1, 0.15) is 0 Å². The van der Waals surface area contributed by atoms with Crippen molar-refractivity contribution in [3.8, 4) is 0 Å². The predicted molar refractivity (Wildman–Crippen MR) is 68.3 cm³/mol. The van der Waals surface area contributed by atoms with Crippen LogP contribution in [-0.4, -0.2) is 30.6 Å². The van der Waals surface area contributed by atoms with Crippen molar-refractivity contribution in [3.63, 3.8) is 0 Å². The van der Waals surface area contributed by atoms with E-state index < -0.39 is 0 Å². The number of likely N-dealkylation sites (tertiary alicyclic amines) is 1. The summed E-state index contributed by atoms with van der Waals surface area (Å²) in [7, 11) is 0. The van der Waals surface area contributed by atoms with Crippen LogP contribution in [0, 0.1) is 5.92 Å². The van der Waals surface area contributed by atoms with Crippen molar-refractivity contribution in [2.45, 2.75) is 25.8 Å². The number of nitrogens with zero attached hydrogens (tertiary/aromatic N) is 1. The maximum Gasteiger partial charge on any atom is 0.0258 e. The first kappa shape index (κ1) is 11.6. The fraction of sp³-hybridized carbons (Fsp3) is 0.571. The Hall–Kier alpha value is -0.860. The SMILES string of the molecule is CC1CCN(C(CN)Cc2ccccc2)C1. The molecule has 2 N–H and O–H groups in total. The van der Waals surface area contributed by atoms with Crippen LogP contribution in [0.2, 0.25) is 0 Å². The van der Waals surface area contributed by atoms with E-state index in [1.807, 2.05) is 0 Å². The van der Waals surface area contributed by atoms with E-state index in [4.69, 9.17) is 5.73 Å². The molecule has 88 valence electrons. The topological polar surface area (TPSA) is 29.3 Å². The first-order valence-electron chi connectivity index (χ1n) is 6.27. The molecule has 0 radical (unpaired) electrons. The van der Waals surface area contributed by atoms with Gasteiger partial charge in [0.2, 0.25) is 0 Å². The minimum atomic E-state index is 0.521. The van der Waals surface area contributed by atoms with Gasteiger partial charge in [-0.1, -0.05) is 37.3 Å². The maximum absolute atomic E-state index is 5.90. The molecule has 1 aliphatic heterocycles. The van der Waals surface area contributed by atoms with Crippen molar-refractivity contribution >= 4 is 0 Å². The number of hydrogen-bond acceptors (Lipinski definition) is 2. The summed E-state index contributed by atoms with van der Waals surface area (Å²) in [5.74, 6) is 0.838. The van der Waals surface area contributed by atoms with E-state index in [9.17, 15) is 0 Å². The van der Waals surface area contributed by atoms with E-state index in [1.54, 1.807) is 0 Å². The molecule has 1 fully saturated rings. The second-order valence-corrected chi connectivity index (χ2v) is 4.97. The van der Waals surface area contributed by atoms with Crippen LogP contribution in [0.5, 0.6) is 0 Å². The highest BCUT2D eigenvalue weighted by atomic mass is 15.2. The molecule has 0 amide bonds. The summed E-state index contributed by atoms with van der Waals surface area (Å²) in [6.45, 7) is 5.53. The Morgan fingerprint density at radius 2 is 2.12 bits per heavy atom. The zero-order valence-electron chi connectivity index (χ0n) is 10.1. The Kier molecular flexibility index (Phi) is 3.97. The van der Waals surface area contributed by atoms with Crippen LogP contribution < -0.4 is 5.73 Å². The van der Waals surface area contributed by atoms with Crippen LogP contribution >= 0.6 is 0 Å². The standard InChI is InChI=1S/C14H22N2/c1-12-7-8-16(11-12)14(10-15)9-13-5-3-2-4-6-13/h2-6,12,14H,7-11,15H2,1H3. The van der Waals surface area contributed by atoms with Gasteiger partial charge >= 0.3 is 0 Å². The molecule has 1 aromatic carbocycles. The van der Waals surface area contributed by atoms with Gasteiger partial charge in [0.05, 0.1) is 0 Å². The van der Waals surface area contributed by atoms with E-state index in [1.165, 1.54) is 25.1 Å². The quantitative estimate of drug-likeness (QED) is 0.836. The van der Waals surface area contributed by atoms with Crippen molar-refractivity contribution in [1.29, 1.82) is 0 Å². The van der Waals surface area contributed by atoms with Crippen molar-refractivity contribution in [2.24, 2.45) is 11.7 Å². The van der Waals surface area contributed by atoms with Gasteiger partial charge in [-0.2, -0.15) is 0 Å². The lowest BCUT2D eigenvalue weighted by molar-refractivity contribution is 0.239. The number of rotatable bonds is 4.